The highest BCUT2D eigenvalue weighted by molar-refractivity contribution is 9.10. The van der Waals surface area contributed by atoms with Gasteiger partial charge in [0.2, 0.25) is 15.9 Å². The summed E-state index contributed by atoms with van der Waals surface area (Å²) in [6.45, 7) is 4.13. The summed E-state index contributed by atoms with van der Waals surface area (Å²) in [4.78, 5) is 17.6. The van der Waals surface area contributed by atoms with Gasteiger partial charge in [0.25, 0.3) is 0 Å². The molecule has 0 aliphatic carbocycles. The van der Waals surface area contributed by atoms with Gasteiger partial charge in [-0.1, -0.05) is 46.3 Å². The van der Waals surface area contributed by atoms with E-state index in [1.54, 1.807) is 24.3 Å². The van der Waals surface area contributed by atoms with Crippen LogP contribution in [-0.2, 0) is 21.4 Å². The summed E-state index contributed by atoms with van der Waals surface area (Å²) >= 11 is 3.34. The van der Waals surface area contributed by atoms with Gasteiger partial charge in [0.15, 0.2) is 0 Å². The van der Waals surface area contributed by atoms with E-state index in [9.17, 15) is 13.2 Å². The van der Waals surface area contributed by atoms with Crippen LogP contribution >= 0.6 is 15.9 Å². The molecule has 0 saturated carbocycles. The van der Waals surface area contributed by atoms with Crippen LogP contribution in [0.1, 0.15) is 18.4 Å². The second kappa shape index (κ2) is 9.18. The minimum Gasteiger partial charge on any atom is -0.339 e. The molecule has 1 amide bonds. The van der Waals surface area contributed by atoms with Gasteiger partial charge < -0.3 is 4.90 Å². The monoisotopic (exact) mass is 491 g/mol. The molecule has 4 rings (SSSR count). The first-order chi connectivity index (χ1) is 14.4. The molecular weight excluding hydrogens is 466 g/mol. The predicted octanol–water partition coefficient (Wildman–Crippen LogP) is 2.95. The Labute approximate surface area is 186 Å². The van der Waals surface area contributed by atoms with Gasteiger partial charge in [-0.2, -0.15) is 4.31 Å². The predicted molar refractivity (Wildman–Crippen MR) is 119 cm³/mol. The number of piperazine rings is 1. The minimum atomic E-state index is -3.69. The van der Waals surface area contributed by atoms with Crippen molar-refractivity contribution in [3.8, 4) is 0 Å². The van der Waals surface area contributed by atoms with E-state index in [-0.39, 0.29) is 10.8 Å². The van der Waals surface area contributed by atoms with Gasteiger partial charge in [-0.25, -0.2) is 8.42 Å². The van der Waals surface area contributed by atoms with Crippen molar-refractivity contribution in [3.05, 3.63) is 64.6 Å². The summed E-state index contributed by atoms with van der Waals surface area (Å²) in [5.41, 5.74) is 1.26. The van der Waals surface area contributed by atoms with E-state index in [0.717, 1.165) is 24.1 Å². The topological polar surface area (TPSA) is 60.9 Å². The zero-order valence-corrected chi connectivity index (χ0v) is 19.2. The van der Waals surface area contributed by atoms with E-state index >= 15 is 0 Å². The molecule has 2 aliphatic heterocycles. The highest BCUT2D eigenvalue weighted by Gasteiger charge is 2.41. The Morgan fingerprint density at radius 2 is 1.60 bits per heavy atom. The first kappa shape index (κ1) is 21.5. The third-order valence-electron chi connectivity index (χ3n) is 5.84. The highest BCUT2D eigenvalue weighted by atomic mass is 79.9. The molecule has 2 heterocycles. The number of carbonyl (C=O) groups excluding carboxylic acids is 1. The average Bonchev–Trinajstić information content (AvgIpc) is 3.26. The van der Waals surface area contributed by atoms with E-state index in [0.29, 0.717) is 32.5 Å². The van der Waals surface area contributed by atoms with E-state index in [1.807, 2.05) is 23.1 Å². The second-order valence-electron chi connectivity index (χ2n) is 7.81. The largest absolute Gasteiger partial charge is 0.339 e. The highest BCUT2D eigenvalue weighted by Crippen LogP contribution is 2.28. The van der Waals surface area contributed by atoms with Gasteiger partial charge in [-0.15, -0.1) is 0 Å². The van der Waals surface area contributed by atoms with Crippen LogP contribution in [0.25, 0.3) is 0 Å². The molecule has 2 aromatic rings. The van der Waals surface area contributed by atoms with Gasteiger partial charge in [-0.3, -0.25) is 9.69 Å². The summed E-state index contributed by atoms with van der Waals surface area (Å²) in [5, 5.41) is 0. The molecule has 2 fully saturated rings. The van der Waals surface area contributed by atoms with Gasteiger partial charge in [0, 0.05) is 43.7 Å². The van der Waals surface area contributed by atoms with Gasteiger partial charge in [-0.05, 0) is 42.7 Å². The summed E-state index contributed by atoms with van der Waals surface area (Å²) in [7, 11) is -3.69. The SMILES string of the molecule is O=C(C1CCCN1S(=O)(=O)c1ccc(Br)cc1)N1CCN(Cc2ccccc2)CC1. The maximum absolute atomic E-state index is 13.2. The summed E-state index contributed by atoms with van der Waals surface area (Å²) < 4.78 is 28.5. The summed E-state index contributed by atoms with van der Waals surface area (Å²) in [6.07, 6.45) is 1.29. The Morgan fingerprint density at radius 3 is 2.27 bits per heavy atom. The van der Waals surface area contributed by atoms with Gasteiger partial charge in [0.05, 0.1) is 4.90 Å². The van der Waals surface area contributed by atoms with Crippen molar-refractivity contribution >= 4 is 31.9 Å². The molecule has 0 radical (unpaired) electrons. The van der Waals surface area contributed by atoms with Crippen LogP contribution < -0.4 is 0 Å². The normalized spacial score (nSPS) is 21.1. The second-order valence-corrected chi connectivity index (χ2v) is 10.6. The number of rotatable bonds is 5. The van der Waals surface area contributed by atoms with Crippen molar-refractivity contribution in [2.45, 2.75) is 30.3 Å². The van der Waals surface area contributed by atoms with Crippen molar-refractivity contribution in [2.24, 2.45) is 0 Å². The van der Waals surface area contributed by atoms with E-state index in [4.69, 9.17) is 0 Å². The lowest BCUT2D eigenvalue weighted by Crippen LogP contribution is -2.54. The molecule has 2 aromatic carbocycles. The molecule has 0 aromatic heterocycles. The van der Waals surface area contributed by atoms with Crippen molar-refractivity contribution < 1.29 is 13.2 Å². The molecule has 0 spiro atoms. The molecule has 6 nitrogen and oxygen atoms in total. The smallest absolute Gasteiger partial charge is 0.243 e. The number of sulfonamides is 1. The first-order valence-corrected chi connectivity index (χ1v) is 12.5. The molecule has 2 aliphatic rings. The molecule has 30 heavy (non-hydrogen) atoms. The lowest BCUT2D eigenvalue weighted by Gasteiger charge is -2.37. The maximum Gasteiger partial charge on any atom is 0.243 e. The number of benzene rings is 2. The Hall–Kier alpha value is -1.74. The molecule has 0 N–H and O–H groups in total. The fourth-order valence-corrected chi connectivity index (χ4v) is 6.11. The maximum atomic E-state index is 13.2. The Morgan fingerprint density at radius 1 is 0.933 bits per heavy atom. The third-order valence-corrected chi connectivity index (χ3v) is 8.29. The fraction of sp³-hybridized carbons (Fsp3) is 0.409. The molecule has 1 atom stereocenters. The zero-order valence-electron chi connectivity index (χ0n) is 16.8. The molecule has 2 saturated heterocycles. The van der Waals surface area contributed by atoms with Crippen LogP contribution in [0.5, 0.6) is 0 Å². The molecule has 0 bridgehead atoms. The number of carbonyl (C=O) groups is 1. The Bertz CT molecular complexity index is 974. The number of halogens is 1. The van der Waals surface area contributed by atoms with Crippen LogP contribution in [-0.4, -0.2) is 67.2 Å². The fourth-order valence-electron chi connectivity index (χ4n) is 4.20. The van der Waals surface area contributed by atoms with E-state index < -0.39 is 16.1 Å². The standard InChI is InChI=1S/C22H26BrN3O3S/c23-19-8-10-20(11-9-19)30(28,29)26-12-4-7-21(26)22(27)25-15-13-24(14-16-25)17-18-5-2-1-3-6-18/h1-3,5-6,8-11,21H,4,7,12-17H2. The van der Waals surface area contributed by atoms with Gasteiger partial charge >= 0.3 is 0 Å². The summed E-state index contributed by atoms with van der Waals surface area (Å²) in [6, 6.07) is 16.3. The molecule has 8 heteroatoms. The lowest BCUT2D eigenvalue weighted by molar-refractivity contribution is -0.136. The molecule has 160 valence electrons. The molecule has 1 unspecified atom stereocenters. The Kier molecular flexibility index (Phi) is 6.57. The third kappa shape index (κ3) is 4.61. The van der Waals surface area contributed by atoms with Crippen molar-refractivity contribution in [2.75, 3.05) is 32.7 Å². The average molecular weight is 492 g/mol. The Balaban J connectivity index is 1.40. The van der Waals surface area contributed by atoms with Crippen LogP contribution in [0.15, 0.2) is 64.0 Å². The zero-order chi connectivity index (χ0) is 21.1. The molecular formula is C22H26BrN3O3S. The van der Waals surface area contributed by atoms with Crippen molar-refractivity contribution in [1.82, 2.24) is 14.1 Å². The van der Waals surface area contributed by atoms with Crippen LogP contribution in [0.3, 0.4) is 0 Å². The van der Waals surface area contributed by atoms with Crippen LogP contribution in [0, 0.1) is 0 Å². The van der Waals surface area contributed by atoms with E-state index in [2.05, 4.69) is 33.0 Å². The number of nitrogens with zero attached hydrogens (tertiary/aromatic N) is 3. The van der Waals surface area contributed by atoms with Gasteiger partial charge in [0.1, 0.15) is 6.04 Å². The lowest BCUT2D eigenvalue weighted by atomic mass is 10.1. The minimum absolute atomic E-state index is 0.0625. The quantitative estimate of drug-likeness (QED) is 0.644. The number of hydrogen-bond acceptors (Lipinski definition) is 4. The van der Waals surface area contributed by atoms with E-state index in [1.165, 1.54) is 9.87 Å². The number of amides is 1. The number of hydrogen-bond donors (Lipinski definition) is 0. The summed E-state index contributed by atoms with van der Waals surface area (Å²) in [5.74, 6) is -0.0625. The van der Waals surface area contributed by atoms with Crippen molar-refractivity contribution in [3.63, 3.8) is 0 Å². The van der Waals surface area contributed by atoms with Crippen LogP contribution in [0.2, 0.25) is 0 Å². The van der Waals surface area contributed by atoms with Crippen LogP contribution in [0.4, 0.5) is 0 Å². The van der Waals surface area contributed by atoms with Crippen molar-refractivity contribution in [1.29, 1.82) is 0 Å². The first-order valence-electron chi connectivity index (χ1n) is 10.3.